The summed E-state index contributed by atoms with van der Waals surface area (Å²) in [6, 6.07) is 0. The van der Waals surface area contributed by atoms with E-state index in [1.165, 1.54) is 20.4 Å². The summed E-state index contributed by atoms with van der Waals surface area (Å²) in [6.07, 6.45) is 1.41. The normalized spacial score (nSPS) is 11.2. The highest BCUT2D eigenvalue weighted by atomic mass is 16.5. The third-order valence-electron chi connectivity index (χ3n) is 1.76. The molecule has 0 fully saturated rings. The summed E-state index contributed by atoms with van der Waals surface area (Å²) in [5.41, 5.74) is -0.0325. The van der Waals surface area contributed by atoms with Gasteiger partial charge in [0, 0.05) is 27.4 Å². The number of methoxy groups -OCH3 is 2. The number of nitrogens with zero attached hydrogens (tertiary/aromatic N) is 1. The van der Waals surface area contributed by atoms with Crippen molar-refractivity contribution in [2.24, 2.45) is 0 Å². The van der Waals surface area contributed by atoms with Crippen molar-refractivity contribution in [3.8, 4) is 0 Å². The van der Waals surface area contributed by atoms with Crippen LogP contribution in [0, 0.1) is 0 Å². The molecule has 0 N–H and O–H groups in total. The Labute approximate surface area is 101 Å². The van der Waals surface area contributed by atoms with Gasteiger partial charge in [-0.3, -0.25) is 4.79 Å². The zero-order valence-corrected chi connectivity index (χ0v) is 10.7. The topological polar surface area (TPSA) is 65.1 Å². The SMILES string of the molecule is COCCOCC(=O)/C(=C/N(C)C)C(=O)OC. The number of ether oxygens (including phenoxy) is 3. The van der Waals surface area contributed by atoms with Crippen LogP contribution in [-0.2, 0) is 23.8 Å². The highest BCUT2D eigenvalue weighted by Gasteiger charge is 2.19. The van der Waals surface area contributed by atoms with Crippen LogP contribution in [-0.4, -0.2) is 64.8 Å². The lowest BCUT2D eigenvalue weighted by atomic mass is 10.2. The van der Waals surface area contributed by atoms with Crippen molar-refractivity contribution >= 4 is 11.8 Å². The Morgan fingerprint density at radius 2 is 1.82 bits per heavy atom. The molecule has 6 heteroatoms. The van der Waals surface area contributed by atoms with Gasteiger partial charge in [-0.25, -0.2) is 4.79 Å². The number of carbonyl (C=O) groups excluding carboxylic acids is 2. The number of rotatable bonds is 8. The summed E-state index contributed by atoms with van der Waals surface area (Å²) in [5, 5.41) is 0. The van der Waals surface area contributed by atoms with Crippen molar-refractivity contribution < 1.29 is 23.8 Å². The molecule has 0 heterocycles. The maximum atomic E-state index is 11.7. The second kappa shape index (κ2) is 8.72. The average Bonchev–Trinajstić information content (AvgIpc) is 2.30. The van der Waals surface area contributed by atoms with Gasteiger partial charge in [0.1, 0.15) is 12.2 Å². The summed E-state index contributed by atoms with van der Waals surface area (Å²) in [5.74, 6) is -1.08. The molecule has 0 spiro atoms. The molecule has 0 aliphatic carbocycles. The summed E-state index contributed by atoms with van der Waals surface area (Å²) in [4.78, 5) is 24.6. The van der Waals surface area contributed by atoms with Crippen LogP contribution in [0.3, 0.4) is 0 Å². The molecule has 6 nitrogen and oxygen atoms in total. The van der Waals surface area contributed by atoms with Gasteiger partial charge in [0.15, 0.2) is 5.78 Å². The van der Waals surface area contributed by atoms with Crippen LogP contribution in [0.5, 0.6) is 0 Å². The van der Waals surface area contributed by atoms with E-state index in [-0.39, 0.29) is 12.2 Å². The molecule has 0 saturated carbocycles. The molecule has 0 rings (SSSR count). The summed E-state index contributed by atoms with van der Waals surface area (Å²) in [6.45, 7) is 0.537. The number of esters is 1. The molecule has 0 radical (unpaired) electrons. The van der Waals surface area contributed by atoms with E-state index in [0.29, 0.717) is 13.2 Å². The van der Waals surface area contributed by atoms with Crippen molar-refractivity contribution in [2.75, 3.05) is 48.1 Å². The van der Waals surface area contributed by atoms with Gasteiger partial charge in [-0.15, -0.1) is 0 Å². The summed E-state index contributed by atoms with van der Waals surface area (Å²) < 4.78 is 14.3. The van der Waals surface area contributed by atoms with Gasteiger partial charge >= 0.3 is 5.97 Å². The maximum absolute atomic E-state index is 11.7. The zero-order valence-electron chi connectivity index (χ0n) is 10.7. The van der Waals surface area contributed by atoms with Crippen molar-refractivity contribution in [3.63, 3.8) is 0 Å². The minimum Gasteiger partial charge on any atom is -0.465 e. The largest absolute Gasteiger partial charge is 0.465 e. The number of carbonyl (C=O) groups is 2. The lowest BCUT2D eigenvalue weighted by Crippen LogP contribution is -2.22. The van der Waals surface area contributed by atoms with Crippen LogP contribution in [0.15, 0.2) is 11.8 Å². The molecule has 0 aromatic heterocycles. The maximum Gasteiger partial charge on any atom is 0.343 e. The molecule has 98 valence electrons. The molecule has 0 aliphatic rings. The number of ketones is 1. The van der Waals surface area contributed by atoms with Gasteiger partial charge < -0.3 is 19.1 Å². The fourth-order valence-corrected chi connectivity index (χ4v) is 0.992. The summed E-state index contributed by atoms with van der Waals surface area (Å²) in [7, 11) is 6.19. The quantitative estimate of drug-likeness (QED) is 0.195. The van der Waals surface area contributed by atoms with Crippen molar-refractivity contribution in [1.29, 1.82) is 0 Å². The molecular formula is C11H19NO5. The van der Waals surface area contributed by atoms with E-state index in [2.05, 4.69) is 4.74 Å². The lowest BCUT2D eigenvalue weighted by Gasteiger charge is -2.09. The third-order valence-corrected chi connectivity index (χ3v) is 1.76. The molecular weight excluding hydrogens is 226 g/mol. The van der Waals surface area contributed by atoms with Crippen LogP contribution in [0.2, 0.25) is 0 Å². The van der Waals surface area contributed by atoms with Crippen LogP contribution < -0.4 is 0 Å². The molecule has 0 amide bonds. The van der Waals surface area contributed by atoms with E-state index in [1.54, 1.807) is 19.0 Å². The number of hydrogen-bond donors (Lipinski definition) is 0. The van der Waals surface area contributed by atoms with Crippen molar-refractivity contribution in [1.82, 2.24) is 4.90 Å². The Morgan fingerprint density at radius 1 is 1.18 bits per heavy atom. The van der Waals surface area contributed by atoms with E-state index in [1.807, 2.05) is 0 Å². The Balaban J connectivity index is 4.40. The Kier molecular flexibility index (Phi) is 8.00. The Morgan fingerprint density at radius 3 is 2.29 bits per heavy atom. The van der Waals surface area contributed by atoms with Gasteiger partial charge in [-0.1, -0.05) is 0 Å². The average molecular weight is 245 g/mol. The standard InChI is InChI=1S/C11H19NO5/c1-12(2)7-9(11(14)16-4)10(13)8-17-6-5-15-3/h7H,5-6,8H2,1-4H3/b9-7-. The molecule has 0 unspecified atom stereocenters. The highest BCUT2D eigenvalue weighted by molar-refractivity contribution is 6.17. The first-order valence-electron chi connectivity index (χ1n) is 5.09. The third kappa shape index (κ3) is 6.70. The first-order valence-corrected chi connectivity index (χ1v) is 5.09. The Hall–Kier alpha value is -1.40. The fraction of sp³-hybridized carbons (Fsp3) is 0.636. The molecule has 0 bridgehead atoms. The number of hydrogen-bond acceptors (Lipinski definition) is 6. The number of Topliss-reactive ketones (excluding diaryl/α,β-unsaturated/α-hetero) is 1. The fourth-order valence-electron chi connectivity index (χ4n) is 0.992. The van der Waals surface area contributed by atoms with E-state index in [9.17, 15) is 9.59 Å². The second-order valence-electron chi connectivity index (χ2n) is 3.47. The predicted octanol–water partition coefficient (Wildman–Crippen LogP) is -0.163. The zero-order chi connectivity index (χ0) is 13.3. The Bertz CT molecular complexity index is 286. The smallest absolute Gasteiger partial charge is 0.343 e. The molecule has 0 saturated heterocycles. The van der Waals surface area contributed by atoms with E-state index in [0.717, 1.165) is 0 Å². The van der Waals surface area contributed by atoms with E-state index < -0.39 is 11.8 Å². The van der Waals surface area contributed by atoms with E-state index in [4.69, 9.17) is 9.47 Å². The first kappa shape index (κ1) is 15.6. The molecule has 0 aromatic carbocycles. The predicted molar refractivity (Wildman–Crippen MR) is 61.5 cm³/mol. The van der Waals surface area contributed by atoms with Crippen LogP contribution >= 0.6 is 0 Å². The van der Waals surface area contributed by atoms with Gasteiger partial charge in [-0.05, 0) is 0 Å². The van der Waals surface area contributed by atoms with Crippen LogP contribution in [0.25, 0.3) is 0 Å². The first-order chi connectivity index (χ1) is 8.02. The second-order valence-corrected chi connectivity index (χ2v) is 3.47. The van der Waals surface area contributed by atoms with Gasteiger partial charge in [0.05, 0.1) is 20.3 Å². The molecule has 17 heavy (non-hydrogen) atoms. The van der Waals surface area contributed by atoms with Gasteiger partial charge in [0.2, 0.25) is 0 Å². The highest BCUT2D eigenvalue weighted by Crippen LogP contribution is 2.01. The monoisotopic (exact) mass is 245 g/mol. The minimum atomic E-state index is -0.668. The van der Waals surface area contributed by atoms with Gasteiger partial charge in [0.25, 0.3) is 0 Å². The van der Waals surface area contributed by atoms with Crippen LogP contribution in [0.1, 0.15) is 0 Å². The van der Waals surface area contributed by atoms with Gasteiger partial charge in [-0.2, -0.15) is 0 Å². The van der Waals surface area contributed by atoms with Crippen molar-refractivity contribution in [3.05, 3.63) is 11.8 Å². The lowest BCUT2D eigenvalue weighted by molar-refractivity contribution is -0.138. The molecule has 0 atom stereocenters. The minimum absolute atomic E-state index is 0.0325. The summed E-state index contributed by atoms with van der Waals surface area (Å²) >= 11 is 0. The van der Waals surface area contributed by atoms with E-state index >= 15 is 0 Å². The van der Waals surface area contributed by atoms with Crippen molar-refractivity contribution in [2.45, 2.75) is 0 Å². The van der Waals surface area contributed by atoms with Crippen LogP contribution in [0.4, 0.5) is 0 Å². The molecule has 0 aromatic rings. The molecule has 0 aliphatic heterocycles.